The molecule has 27 heavy (non-hydrogen) atoms. The molecule has 0 spiro atoms. The van der Waals surface area contributed by atoms with Gasteiger partial charge in [-0.3, -0.25) is 0 Å². The van der Waals surface area contributed by atoms with Crippen LogP contribution in [0.5, 0.6) is 0 Å². The van der Waals surface area contributed by atoms with Crippen molar-refractivity contribution in [3.8, 4) is 11.1 Å². The van der Waals surface area contributed by atoms with Gasteiger partial charge in [0.05, 0.1) is 4.90 Å². The van der Waals surface area contributed by atoms with E-state index < -0.39 is 11.0 Å². The number of hydrogen-bond acceptors (Lipinski definition) is 3. The lowest BCUT2D eigenvalue weighted by molar-refractivity contribution is 0.678. The molecule has 0 bridgehead atoms. The molecule has 2 N–H and O–H groups in total. The molecule has 0 aliphatic rings. The van der Waals surface area contributed by atoms with Crippen LogP contribution in [-0.4, -0.2) is 13.2 Å². The molecule has 0 saturated carbocycles. The fraction of sp³-hybridized carbons (Fsp3) is 0.0952. The molecule has 0 aliphatic carbocycles. The summed E-state index contributed by atoms with van der Waals surface area (Å²) in [6.45, 7) is 2.52. The van der Waals surface area contributed by atoms with E-state index in [1.54, 1.807) is 10.2 Å². The molecule has 136 valence electrons. The van der Waals surface area contributed by atoms with Crippen molar-refractivity contribution in [3.05, 3.63) is 82.6 Å². The molecule has 2 aromatic heterocycles. The van der Waals surface area contributed by atoms with Crippen molar-refractivity contribution < 1.29 is 4.21 Å². The van der Waals surface area contributed by atoms with E-state index in [2.05, 4.69) is 20.9 Å². The number of hydrogen-bond donors (Lipinski definition) is 1. The van der Waals surface area contributed by atoms with E-state index in [1.807, 2.05) is 67.7 Å². The summed E-state index contributed by atoms with van der Waals surface area (Å²) in [6, 6.07) is 17.8. The Bertz CT molecular complexity index is 1130. The maximum Gasteiger partial charge on any atom is 0.158 e. The Morgan fingerprint density at radius 2 is 1.81 bits per heavy atom. The number of rotatable bonds is 4. The van der Waals surface area contributed by atoms with Crippen LogP contribution in [-0.2, 0) is 17.5 Å². The molecule has 0 saturated heterocycles. The standard InChI is InChI=1S/C21H18BrN3OS/c1-14-2-8-18(9-3-14)27(26)25-13-20(16-6-4-15(11-23)5-7-16)19-10-17(22)12-24-21(19)25/h2-10,12-13H,11,23H2,1H3. The molecular formula is C21H18BrN3OS. The van der Waals surface area contributed by atoms with Gasteiger partial charge in [-0.2, -0.15) is 0 Å². The zero-order chi connectivity index (χ0) is 19.0. The van der Waals surface area contributed by atoms with Gasteiger partial charge in [-0.1, -0.05) is 42.0 Å². The van der Waals surface area contributed by atoms with E-state index in [-0.39, 0.29) is 0 Å². The number of nitrogens with zero attached hydrogens (tertiary/aromatic N) is 2. The Morgan fingerprint density at radius 3 is 2.48 bits per heavy atom. The smallest absolute Gasteiger partial charge is 0.158 e. The van der Waals surface area contributed by atoms with E-state index in [0.717, 1.165) is 37.0 Å². The predicted octanol–water partition coefficient (Wildman–Crippen LogP) is 4.80. The van der Waals surface area contributed by atoms with Crippen molar-refractivity contribution in [1.82, 2.24) is 8.96 Å². The molecule has 0 fully saturated rings. The molecule has 0 radical (unpaired) electrons. The summed E-state index contributed by atoms with van der Waals surface area (Å²) in [4.78, 5) is 5.27. The van der Waals surface area contributed by atoms with E-state index in [1.165, 1.54) is 0 Å². The first kappa shape index (κ1) is 18.1. The maximum absolute atomic E-state index is 13.2. The number of benzene rings is 2. The second kappa shape index (κ2) is 7.38. The Hall–Kier alpha value is -2.28. The summed E-state index contributed by atoms with van der Waals surface area (Å²) in [5, 5.41) is 0.949. The molecule has 2 heterocycles. The summed E-state index contributed by atoms with van der Waals surface area (Å²) >= 11 is 3.50. The lowest BCUT2D eigenvalue weighted by atomic mass is 10.0. The largest absolute Gasteiger partial charge is 0.326 e. The highest BCUT2D eigenvalue weighted by molar-refractivity contribution is 9.10. The number of aryl methyl sites for hydroxylation is 1. The van der Waals surface area contributed by atoms with Crippen LogP contribution in [0.15, 0.2) is 76.4 Å². The van der Waals surface area contributed by atoms with Crippen LogP contribution in [0.1, 0.15) is 11.1 Å². The monoisotopic (exact) mass is 439 g/mol. The van der Waals surface area contributed by atoms with Crippen molar-refractivity contribution in [2.45, 2.75) is 18.4 Å². The molecule has 1 unspecified atom stereocenters. The van der Waals surface area contributed by atoms with Crippen LogP contribution < -0.4 is 5.73 Å². The molecule has 1 atom stereocenters. The molecule has 0 aliphatic heterocycles. The molecule has 2 aromatic carbocycles. The average molecular weight is 440 g/mol. The minimum Gasteiger partial charge on any atom is -0.326 e. The van der Waals surface area contributed by atoms with Crippen LogP contribution in [0.4, 0.5) is 0 Å². The lowest BCUT2D eigenvalue weighted by Gasteiger charge is -2.05. The lowest BCUT2D eigenvalue weighted by Crippen LogP contribution is -2.04. The molecular weight excluding hydrogens is 422 g/mol. The molecule has 4 nitrogen and oxygen atoms in total. The first-order valence-corrected chi connectivity index (χ1v) is 10.4. The van der Waals surface area contributed by atoms with Crippen molar-refractivity contribution >= 4 is 37.9 Å². The maximum atomic E-state index is 13.2. The summed E-state index contributed by atoms with van der Waals surface area (Å²) in [7, 11) is -1.38. The Labute approximate surface area is 168 Å². The van der Waals surface area contributed by atoms with Gasteiger partial charge in [0.15, 0.2) is 16.6 Å². The summed E-state index contributed by atoms with van der Waals surface area (Å²) in [6.07, 6.45) is 3.64. The van der Waals surface area contributed by atoms with Gasteiger partial charge in [-0.05, 0) is 52.2 Å². The number of nitrogens with two attached hydrogens (primary N) is 1. The van der Waals surface area contributed by atoms with Gasteiger partial charge in [0.1, 0.15) is 0 Å². The minimum atomic E-state index is -1.38. The zero-order valence-electron chi connectivity index (χ0n) is 14.7. The average Bonchev–Trinajstić information content (AvgIpc) is 3.06. The fourth-order valence-electron chi connectivity index (χ4n) is 3.00. The van der Waals surface area contributed by atoms with Crippen molar-refractivity contribution in [1.29, 1.82) is 0 Å². The van der Waals surface area contributed by atoms with Gasteiger partial charge in [0, 0.05) is 34.4 Å². The first-order valence-electron chi connectivity index (χ1n) is 8.52. The molecule has 4 aromatic rings. The topological polar surface area (TPSA) is 60.9 Å². The van der Waals surface area contributed by atoms with Gasteiger partial charge in [0.25, 0.3) is 0 Å². The van der Waals surface area contributed by atoms with E-state index >= 15 is 0 Å². The quantitative estimate of drug-likeness (QED) is 0.496. The number of aromatic nitrogens is 2. The highest BCUT2D eigenvalue weighted by Gasteiger charge is 2.17. The summed E-state index contributed by atoms with van der Waals surface area (Å²) in [5.74, 6) is 0. The number of pyridine rings is 1. The van der Waals surface area contributed by atoms with Gasteiger partial charge in [-0.25, -0.2) is 13.2 Å². The summed E-state index contributed by atoms with van der Waals surface area (Å²) in [5.41, 5.74) is 10.6. The van der Waals surface area contributed by atoms with Crippen LogP contribution in [0.2, 0.25) is 0 Å². The van der Waals surface area contributed by atoms with Crippen molar-refractivity contribution in [3.63, 3.8) is 0 Å². The van der Waals surface area contributed by atoms with Crippen LogP contribution >= 0.6 is 15.9 Å². The van der Waals surface area contributed by atoms with Crippen LogP contribution in [0.3, 0.4) is 0 Å². The Morgan fingerprint density at radius 1 is 1.11 bits per heavy atom. The molecule has 4 rings (SSSR count). The first-order chi connectivity index (χ1) is 13.1. The normalized spacial score (nSPS) is 12.4. The highest BCUT2D eigenvalue weighted by atomic mass is 79.9. The van der Waals surface area contributed by atoms with Crippen molar-refractivity contribution in [2.24, 2.45) is 5.73 Å². The van der Waals surface area contributed by atoms with Crippen LogP contribution in [0, 0.1) is 6.92 Å². The third-order valence-electron chi connectivity index (χ3n) is 4.48. The van der Waals surface area contributed by atoms with Crippen molar-refractivity contribution in [2.75, 3.05) is 0 Å². The predicted molar refractivity (Wildman–Crippen MR) is 114 cm³/mol. The Kier molecular flexibility index (Phi) is 4.95. The fourth-order valence-corrected chi connectivity index (χ4v) is 4.43. The van der Waals surface area contributed by atoms with Gasteiger partial charge in [0.2, 0.25) is 0 Å². The van der Waals surface area contributed by atoms with Crippen LogP contribution in [0.25, 0.3) is 22.2 Å². The van der Waals surface area contributed by atoms with Gasteiger partial charge in [-0.15, -0.1) is 0 Å². The highest BCUT2D eigenvalue weighted by Crippen LogP contribution is 2.32. The number of halogens is 1. The minimum absolute atomic E-state index is 0.507. The van der Waals surface area contributed by atoms with E-state index in [4.69, 9.17) is 5.73 Å². The molecule has 6 heteroatoms. The number of fused-ring (bicyclic) bond motifs is 1. The van der Waals surface area contributed by atoms with E-state index in [0.29, 0.717) is 12.2 Å². The van der Waals surface area contributed by atoms with E-state index in [9.17, 15) is 4.21 Å². The van der Waals surface area contributed by atoms with Gasteiger partial charge < -0.3 is 5.73 Å². The molecule has 0 amide bonds. The zero-order valence-corrected chi connectivity index (χ0v) is 17.1. The van der Waals surface area contributed by atoms with Gasteiger partial charge >= 0.3 is 0 Å². The second-order valence-electron chi connectivity index (χ2n) is 6.36. The third-order valence-corrected chi connectivity index (χ3v) is 6.23. The SMILES string of the molecule is Cc1ccc(S(=O)n2cc(-c3ccc(CN)cc3)c3cc(Br)cnc32)cc1. The Balaban J connectivity index is 1.88. The third kappa shape index (κ3) is 3.48. The second-order valence-corrected chi connectivity index (χ2v) is 8.64. The summed E-state index contributed by atoms with van der Waals surface area (Å²) < 4.78 is 15.8.